The van der Waals surface area contributed by atoms with Crippen molar-refractivity contribution in [2.24, 2.45) is 0 Å². The second-order valence-electron chi connectivity index (χ2n) is 3.43. The smallest absolute Gasteiger partial charge is 0.120 e. The van der Waals surface area contributed by atoms with E-state index in [1.54, 1.807) is 19.5 Å². The van der Waals surface area contributed by atoms with Crippen molar-refractivity contribution in [2.45, 2.75) is 6.61 Å². The molecule has 0 bridgehead atoms. The Morgan fingerprint density at radius 1 is 1.12 bits per heavy atom. The molecule has 0 radical (unpaired) electrons. The van der Waals surface area contributed by atoms with Crippen molar-refractivity contribution in [3.8, 4) is 11.5 Å². The van der Waals surface area contributed by atoms with Gasteiger partial charge in [0.25, 0.3) is 0 Å². The minimum atomic E-state index is 0.487. The minimum absolute atomic E-state index is 0.487. The predicted octanol–water partition coefficient (Wildman–Crippen LogP) is 3.43. The number of nitrogens with zero attached hydrogens (tertiary/aromatic N) is 1. The van der Waals surface area contributed by atoms with Gasteiger partial charge in [-0.3, -0.25) is 4.98 Å². The van der Waals surface area contributed by atoms with Gasteiger partial charge in [-0.05, 0) is 30.3 Å². The molecule has 2 aromatic rings. The highest BCUT2D eigenvalue weighted by Gasteiger charge is 2.00. The van der Waals surface area contributed by atoms with E-state index in [4.69, 9.17) is 9.47 Å². The number of halogens is 1. The number of pyridine rings is 1. The van der Waals surface area contributed by atoms with E-state index in [9.17, 15) is 0 Å². The van der Waals surface area contributed by atoms with Crippen molar-refractivity contribution < 1.29 is 9.47 Å². The van der Waals surface area contributed by atoms with Crippen LogP contribution in [0.5, 0.6) is 11.5 Å². The number of hydrogen-bond donors (Lipinski definition) is 0. The monoisotopic (exact) mass is 293 g/mol. The molecule has 17 heavy (non-hydrogen) atoms. The van der Waals surface area contributed by atoms with E-state index >= 15 is 0 Å². The van der Waals surface area contributed by atoms with Crippen LogP contribution in [-0.4, -0.2) is 12.1 Å². The Hall–Kier alpha value is -1.55. The number of benzene rings is 1. The lowest BCUT2D eigenvalue weighted by Crippen LogP contribution is -1.97. The van der Waals surface area contributed by atoms with Crippen LogP contribution < -0.4 is 9.47 Å². The normalized spacial score (nSPS) is 10.0. The fraction of sp³-hybridized carbons (Fsp3) is 0.154. The maximum Gasteiger partial charge on any atom is 0.120 e. The van der Waals surface area contributed by atoms with E-state index in [0.29, 0.717) is 6.61 Å². The van der Waals surface area contributed by atoms with Gasteiger partial charge in [-0.25, -0.2) is 0 Å². The summed E-state index contributed by atoms with van der Waals surface area (Å²) in [4.78, 5) is 4.06. The van der Waals surface area contributed by atoms with Crippen molar-refractivity contribution in [3.05, 3.63) is 52.8 Å². The molecule has 0 unspecified atom stereocenters. The van der Waals surface area contributed by atoms with E-state index < -0.39 is 0 Å². The van der Waals surface area contributed by atoms with Gasteiger partial charge in [0.15, 0.2) is 0 Å². The molecule has 0 aliphatic heterocycles. The standard InChI is InChI=1S/C13H12BrNO2/c1-16-11-2-4-12(5-3-11)17-9-10-8-15-7-6-13(10)14/h2-8H,9H2,1H3. The number of rotatable bonds is 4. The largest absolute Gasteiger partial charge is 0.497 e. The van der Waals surface area contributed by atoms with Crippen LogP contribution in [0.3, 0.4) is 0 Å². The predicted molar refractivity (Wildman–Crippen MR) is 69.3 cm³/mol. The fourth-order valence-corrected chi connectivity index (χ4v) is 1.68. The Morgan fingerprint density at radius 2 is 1.82 bits per heavy atom. The summed E-state index contributed by atoms with van der Waals surface area (Å²) < 4.78 is 11.7. The number of methoxy groups -OCH3 is 1. The van der Waals surface area contributed by atoms with Gasteiger partial charge in [-0.1, -0.05) is 15.9 Å². The second-order valence-corrected chi connectivity index (χ2v) is 4.29. The third-order valence-corrected chi connectivity index (χ3v) is 3.07. The molecule has 1 aromatic heterocycles. The molecule has 4 heteroatoms. The Morgan fingerprint density at radius 3 is 2.47 bits per heavy atom. The molecule has 3 nitrogen and oxygen atoms in total. The SMILES string of the molecule is COc1ccc(OCc2cnccc2Br)cc1. The number of aromatic nitrogens is 1. The van der Waals surface area contributed by atoms with Gasteiger partial charge in [-0.2, -0.15) is 0 Å². The highest BCUT2D eigenvalue weighted by Crippen LogP contribution is 2.20. The van der Waals surface area contributed by atoms with Crippen LogP contribution in [0, 0.1) is 0 Å². The van der Waals surface area contributed by atoms with Gasteiger partial charge >= 0.3 is 0 Å². The summed E-state index contributed by atoms with van der Waals surface area (Å²) in [6.45, 7) is 0.487. The lowest BCUT2D eigenvalue weighted by molar-refractivity contribution is 0.304. The fourth-order valence-electron chi connectivity index (χ4n) is 1.35. The summed E-state index contributed by atoms with van der Waals surface area (Å²) in [6, 6.07) is 9.39. The Labute approximate surface area is 109 Å². The maximum absolute atomic E-state index is 5.65. The van der Waals surface area contributed by atoms with E-state index in [-0.39, 0.29) is 0 Å². The van der Waals surface area contributed by atoms with Gasteiger partial charge in [0, 0.05) is 22.4 Å². The summed E-state index contributed by atoms with van der Waals surface area (Å²) >= 11 is 3.45. The van der Waals surface area contributed by atoms with Crippen LogP contribution in [0.25, 0.3) is 0 Å². The van der Waals surface area contributed by atoms with Crippen LogP contribution in [0.15, 0.2) is 47.2 Å². The quantitative estimate of drug-likeness (QED) is 0.865. The molecule has 1 aromatic carbocycles. The van der Waals surface area contributed by atoms with E-state index in [1.165, 1.54) is 0 Å². The molecule has 2 rings (SSSR count). The molecule has 0 N–H and O–H groups in total. The lowest BCUT2D eigenvalue weighted by Gasteiger charge is -2.07. The zero-order valence-electron chi connectivity index (χ0n) is 9.39. The van der Waals surface area contributed by atoms with Crippen LogP contribution >= 0.6 is 15.9 Å². The summed E-state index contributed by atoms with van der Waals surface area (Å²) in [5.41, 5.74) is 1.02. The number of ether oxygens (including phenoxy) is 2. The summed E-state index contributed by atoms with van der Waals surface area (Å²) in [7, 11) is 1.64. The Balaban J connectivity index is 2.00. The summed E-state index contributed by atoms with van der Waals surface area (Å²) in [5, 5.41) is 0. The van der Waals surface area contributed by atoms with Crippen LogP contribution in [-0.2, 0) is 6.61 Å². The molecule has 0 atom stereocenters. The molecule has 0 spiro atoms. The highest BCUT2D eigenvalue weighted by atomic mass is 79.9. The topological polar surface area (TPSA) is 31.4 Å². The first-order chi connectivity index (χ1) is 8.29. The first-order valence-corrected chi connectivity index (χ1v) is 5.94. The first kappa shape index (κ1) is 11.9. The molecule has 0 amide bonds. The van der Waals surface area contributed by atoms with E-state index in [0.717, 1.165) is 21.5 Å². The molecule has 0 saturated carbocycles. The third kappa shape index (κ3) is 3.20. The molecule has 1 heterocycles. The van der Waals surface area contributed by atoms with Crippen molar-refractivity contribution in [2.75, 3.05) is 7.11 Å². The zero-order valence-corrected chi connectivity index (χ0v) is 11.0. The van der Waals surface area contributed by atoms with Gasteiger partial charge in [-0.15, -0.1) is 0 Å². The first-order valence-electron chi connectivity index (χ1n) is 5.15. The van der Waals surface area contributed by atoms with Crippen molar-refractivity contribution in [3.63, 3.8) is 0 Å². The molecule has 0 aliphatic carbocycles. The maximum atomic E-state index is 5.65. The molecular formula is C13H12BrNO2. The van der Waals surface area contributed by atoms with Crippen molar-refractivity contribution in [1.82, 2.24) is 4.98 Å². The van der Waals surface area contributed by atoms with Crippen molar-refractivity contribution >= 4 is 15.9 Å². The van der Waals surface area contributed by atoms with Crippen LogP contribution in [0.2, 0.25) is 0 Å². The van der Waals surface area contributed by atoms with Crippen LogP contribution in [0.1, 0.15) is 5.56 Å². The zero-order chi connectivity index (χ0) is 12.1. The highest BCUT2D eigenvalue weighted by molar-refractivity contribution is 9.10. The number of hydrogen-bond acceptors (Lipinski definition) is 3. The summed E-state index contributed by atoms with van der Waals surface area (Å²) in [5.74, 6) is 1.63. The average Bonchev–Trinajstić information content (AvgIpc) is 2.38. The van der Waals surface area contributed by atoms with Gasteiger partial charge in [0.2, 0.25) is 0 Å². The van der Waals surface area contributed by atoms with E-state index in [2.05, 4.69) is 20.9 Å². The minimum Gasteiger partial charge on any atom is -0.497 e. The summed E-state index contributed by atoms with van der Waals surface area (Å²) in [6.07, 6.45) is 3.52. The Bertz CT molecular complexity index is 485. The van der Waals surface area contributed by atoms with Gasteiger partial charge in [0.05, 0.1) is 7.11 Å². The molecule has 0 aliphatic rings. The van der Waals surface area contributed by atoms with Gasteiger partial charge in [0.1, 0.15) is 18.1 Å². The van der Waals surface area contributed by atoms with E-state index in [1.807, 2.05) is 30.3 Å². The average molecular weight is 294 g/mol. The van der Waals surface area contributed by atoms with Crippen molar-refractivity contribution in [1.29, 1.82) is 0 Å². The van der Waals surface area contributed by atoms with Gasteiger partial charge < -0.3 is 9.47 Å². The lowest BCUT2D eigenvalue weighted by atomic mass is 10.3. The Kier molecular flexibility index (Phi) is 3.98. The van der Waals surface area contributed by atoms with Crippen LogP contribution in [0.4, 0.5) is 0 Å². The molecule has 0 fully saturated rings. The third-order valence-electron chi connectivity index (χ3n) is 2.30. The molecule has 88 valence electrons. The molecular weight excluding hydrogens is 282 g/mol. The second kappa shape index (κ2) is 5.68. The molecule has 0 saturated heterocycles.